The van der Waals surface area contributed by atoms with Crippen molar-refractivity contribution in [2.75, 3.05) is 33.3 Å². The molecule has 2 aliphatic rings. The summed E-state index contributed by atoms with van der Waals surface area (Å²) in [5, 5.41) is 7.03. The van der Waals surface area contributed by atoms with Crippen molar-refractivity contribution in [2.45, 2.75) is 63.6 Å². The van der Waals surface area contributed by atoms with Gasteiger partial charge in [-0.15, -0.1) is 0 Å². The fourth-order valence-corrected chi connectivity index (χ4v) is 4.05. The van der Waals surface area contributed by atoms with Crippen LogP contribution in [0.5, 0.6) is 0 Å². The van der Waals surface area contributed by atoms with Crippen LogP contribution >= 0.6 is 0 Å². The molecule has 0 spiro atoms. The maximum Gasteiger partial charge on any atom is 0.191 e. The second kappa shape index (κ2) is 11.3. The molecule has 5 heteroatoms. The van der Waals surface area contributed by atoms with E-state index in [0.29, 0.717) is 12.1 Å². The Morgan fingerprint density at radius 2 is 1.85 bits per heavy atom. The molecule has 1 saturated carbocycles. The highest BCUT2D eigenvalue weighted by atomic mass is 16.5. The van der Waals surface area contributed by atoms with Gasteiger partial charge < -0.3 is 15.4 Å². The van der Waals surface area contributed by atoms with Crippen LogP contribution in [0.1, 0.15) is 50.5 Å². The molecule has 150 valence electrons. The quantitative estimate of drug-likeness (QED) is 0.418. The third-order valence-electron chi connectivity index (χ3n) is 5.67. The lowest BCUT2D eigenvalue weighted by atomic mass is 10.0. The molecule has 1 saturated heterocycles. The Morgan fingerprint density at radius 3 is 2.56 bits per heavy atom. The summed E-state index contributed by atoms with van der Waals surface area (Å²) in [6.07, 6.45) is 9.05. The molecule has 2 fully saturated rings. The summed E-state index contributed by atoms with van der Waals surface area (Å²) in [4.78, 5) is 6.93. The first-order valence-corrected chi connectivity index (χ1v) is 10.7. The van der Waals surface area contributed by atoms with Gasteiger partial charge in [0.2, 0.25) is 0 Å². The molecule has 1 aliphatic heterocycles. The smallest absolute Gasteiger partial charge is 0.191 e. The van der Waals surface area contributed by atoms with Gasteiger partial charge in [-0.2, -0.15) is 0 Å². The molecule has 0 aromatic heterocycles. The van der Waals surface area contributed by atoms with Crippen LogP contribution in [0.4, 0.5) is 0 Å². The third-order valence-corrected chi connectivity index (χ3v) is 5.67. The van der Waals surface area contributed by atoms with Gasteiger partial charge in [0.25, 0.3) is 0 Å². The first-order valence-electron chi connectivity index (χ1n) is 10.7. The summed E-state index contributed by atoms with van der Waals surface area (Å²) in [6, 6.07) is 11.3. The van der Waals surface area contributed by atoms with Gasteiger partial charge in [0, 0.05) is 45.9 Å². The third kappa shape index (κ3) is 7.15. The van der Waals surface area contributed by atoms with Crippen LogP contribution in [-0.4, -0.2) is 56.3 Å². The summed E-state index contributed by atoms with van der Waals surface area (Å²) in [7, 11) is 1.86. The number of aliphatic imine (C=N–C) groups is 1. The van der Waals surface area contributed by atoms with Crippen molar-refractivity contribution in [3.8, 4) is 0 Å². The van der Waals surface area contributed by atoms with Crippen molar-refractivity contribution < 1.29 is 4.74 Å². The molecule has 1 aromatic rings. The number of rotatable bonds is 8. The predicted molar refractivity (Wildman–Crippen MR) is 112 cm³/mol. The number of benzene rings is 1. The van der Waals surface area contributed by atoms with Gasteiger partial charge >= 0.3 is 0 Å². The number of nitrogens with zero attached hydrogens (tertiary/aromatic N) is 2. The molecular weight excluding hydrogens is 336 g/mol. The number of likely N-dealkylation sites (tertiary alicyclic amines) is 1. The van der Waals surface area contributed by atoms with Crippen LogP contribution in [0.15, 0.2) is 35.3 Å². The molecule has 0 amide bonds. The summed E-state index contributed by atoms with van der Waals surface area (Å²) in [5.41, 5.74) is 1.40. The van der Waals surface area contributed by atoms with Crippen molar-refractivity contribution in [1.29, 1.82) is 0 Å². The van der Waals surface area contributed by atoms with Crippen LogP contribution in [0.25, 0.3) is 0 Å². The average Bonchev–Trinajstić information content (AvgIpc) is 3.22. The molecule has 1 heterocycles. The van der Waals surface area contributed by atoms with Crippen molar-refractivity contribution in [2.24, 2.45) is 4.99 Å². The second-order valence-electron chi connectivity index (χ2n) is 7.81. The number of piperidine rings is 1. The zero-order chi connectivity index (χ0) is 18.7. The Kier molecular flexibility index (Phi) is 8.43. The number of nitrogens with one attached hydrogen (secondary N) is 2. The molecule has 0 radical (unpaired) electrons. The zero-order valence-electron chi connectivity index (χ0n) is 16.8. The first kappa shape index (κ1) is 20.2. The molecule has 1 aromatic carbocycles. The predicted octanol–water partition coefficient (Wildman–Crippen LogP) is 3.17. The lowest BCUT2D eigenvalue weighted by Gasteiger charge is -2.33. The Hall–Kier alpha value is -1.59. The van der Waals surface area contributed by atoms with Crippen LogP contribution in [-0.2, 0) is 11.3 Å². The Bertz CT molecular complexity index is 549. The number of hydrogen-bond acceptors (Lipinski definition) is 3. The SMILES string of the molecule is CN=C(NCCCOC1CCCC1)NC1CCN(Cc2ccccc2)CC1. The van der Waals surface area contributed by atoms with Crippen LogP contribution in [0, 0.1) is 0 Å². The van der Waals surface area contributed by atoms with E-state index >= 15 is 0 Å². The highest BCUT2D eigenvalue weighted by Gasteiger charge is 2.20. The molecule has 0 unspecified atom stereocenters. The number of hydrogen-bond donors (Lipinski definition) is 2. The van der Waals surface area contributed by atoms with Gasteiger partial charge in [-0.3, -0.25) is 9.89 Å². The Morgan fingerprint density at radius 1 is 1.11 bits per heavy atom. The number of guanidine groups is 1. The summed E-state index contributed by atoms with van der Waals surface area (Å²) >= 11 is 0. The van der Waals surface area contributed by atoms with Crippen molar-refractivity contribution in [3.63, 3.8) is 0 Å². The number of ether oxygens (including phenoxy) is 1. The molecule has 3 rings (SSSR count). The van der Waals surface area contributed by atoms with Crippen molar-refractivity contribution >= 4 is 5.96 Å². The molecule has 0 bridgehead atoms. The summed E-state index contributed by atoms with van der Waals surface area (Å²) < 4.78 is 5.92. The standard InChI is InChI=1S/C22H36N4O/c1-23-22(24-14-7-17-27-21-10-5-6-11-21)25-20-12-15-26(16-13-20)18-19-8-3-2-4-9-19/h2-4,8-9,20-21H,5-7,10-18H2,1H3,(H2,23,24,25). The van der Waals surface area contributed by atoms with E-state index < -0.39 is 0 Å². The highest BCUT2D eigenvalue weighted by Crippen LogP contribution is 2.20. The monoisotopic (exact) mass is 372 g/mol. The Balaban J connectivity index is 1.27. The van der Waals surface area contributed by atoms with E-state index in [1.165, 1.54) is 44.1 Å². The largest absolute Gasteiger partial charge is 0.378 e. The van der Waals surface area contributed by atoms with Gasteiger partial charge in [0.15, 0.2) is 5.96 Å². The van der Waals surface area contributed by atoms with E-state index in [0.717, 1.165) is 45.2 Å². The van der Waals surface area contributed by atoms with Crippen molar-refractivity contribution in [1.82, 2.24) is 15.5 Å². The van der Waals surface area contributed by atoms with E-state index in [1.54, 1.807) is 0 Å². The van der Waals surface area contributed by atoms with Crippen LogP contribution in [0.3, 0.4) is 0 Å². The maximum atomic E-state index is 5.92. The van der Waals surface area contributed by atoms with Gasteiger partial charge in [0.1, 0.15) is 0 Å². The molecule has 0 atom stereocenters. The topological polar surface area (TPSA) is 48.9 Å². The van der Waals surface area contributed by atoms with Gasteiger partial charge in [-0.25, -0.2) is 0 Å². The van der Waals surface area contributed by atoms with Gasteiger partial charge in [-0.05, 0) is 37.7 Å². The molecule has 27 heavy (non-hydrogen) atoms. The molecular formula is C22H36N4O. The van der Waals surface area contributed by atoms with E-state index in [4.69, 9.17) is 4.74 Å². The van der Waals surface area contributed by atoms with Crippen molar-refractivity contribution in [3.05, 3.63) is 35.9 Å². The Labute approximate surface area is 164 Å². The van der Waals surface area contributed by atoms with E-state index in [1.807, 2.05) is 7.05 Å². The first-order chi connectivity index (χ1) is 13.3. The zero-order valence-corrected chi connectivity index (χ0v) is 16.8. The van der Waals surface area contributed by atoms with E-state index in [2.05, 4.69) is 50.9 Å². The van der Waals surface area contributed by atoms with Gasteiger partial charge in [-0.1, -0.05) is 43.2 Å². The fraction of sp³-hybridized carbons (Fsp3) is 0.682. The van der Waals surface area contributed by atoms with E-state index in [-0.39, 0.29) is 0 Å². The minimum atomic E-state index is 0.512. The normalized spacial score (nSPS) is 20.1. The molecule has 5 nitrogen and oxygen atoms in total. The van der Waals surface area contributed by atoms with Gasteiger partial charge in [0.05, 0.1) is 6.10 Å². The lowest BCUT2D eigenvalue weighted by molar-refractivity contribution is 0.0574. The average molecular weight is 373 g/mol. The van der Waals surface area contributed by atoms with Crippen LogP contribution < -0.4 is 10.6 Å². The van der Waals surface area contributed by atoms with Crippen LogP contribution in [0.2, 0.25) is 0 Å². The minimum Gasteiger partial charge on any atom is -0.378 e. The highest BCUT2D eigenvalue weighted by molar-refractivity contribution is 5.79. The maximum absolute atomic E-state index is 5.92. The minimum absolute atomic E-state index is 0.512. The van der Waals surface area contributed by atoms with E-state index in [9.17, 15) is 0 Å². The molecule has 2 N–H and O–H groups in total. The lowest BCUT2D eigenvalue weighted by Crippen LogP contribution is -2.48. The summed E-state index contributed by atoms with van der Waals surface area (Å²) in [6.45, 7) is 5.10. The fourth-order valence-electron chi connectivity index (χ4n) is 4.05. The second-order valence-corrected chi connectivity index (χ2v) is 7.81. The molecule has 1 aliphatic carbocycles. The summed E-state index contributed by atoms with van der Waals surface area (Å²) in [5.74, 6) is 0.928.